The zero-order valence-corrected chi connectivity index (χ0v) is 9.74. The van der Waals surface area contributed by atoms with Crippen molar-refractivity contribution in [2.45, 2.75) is 7.59 Å². The minimum Gasteiger partial charge on any atom is -0.481 e. The van der Waals surface area contributed by atoms with Crippen LogP contribution in [0.2, 0.25) is 0 Å². The maximum Gasteiger partial charge on any atom is 0.315 e. The Morgan fingerprint density at radius 3 is 1.25 bits per heavy atom. The standard InChI is InChI=1S/C4H2Cl6O2/c5-3(6,7)1(2(11)12)4(8,9)10/h1H,(H,11,12). The van der Waals surface area contributed by atoms with Crippen LogP contribution in [0.15, 0.2) is 0 Å². The fourth-order valence-electron chi connectivity index (χ4n) is 0.466. The molecule has 0 aromatic heterocycles. The maximum absolute atomic E-state index is 10.5. The first kappa shape index (κ1) is 13.2. The number of rotatable bonds is 1. The summed E-state index contributed by atoms with van der Waals surface area (Å²) in [6.07, 6.45) is 0. The van der Waals surface area contributed by atoms with Gasteiger partial charge in [-0.05, 0) is 0 Å². The molecule has 0 atom stereocenters. The van der Waals surface area contributed by atoms with Crippen molar-refractivity contribution in [2.75, 3.05) is 0 Å². The molecule has 0 bridgehead atoms. The molecule has 1 N–H and O–H groups in total. The summed E-state index contributed by atoms with van der Waals surface area (Å²) >= 11 is 31.7. The topological polar surface area (TPSA) is 37.3 Å². The van der Waals surface area contributed by atoms with E-state index in [0.29, 0.717) is 0 Å². The molecule has 0 aromatic carbocycles. The number of carboxylic acids is 1. The lowest BCUT2D eigenvalue weighted by Gasteiger charge is -2.26. The van der Waals surface area contributed by atoms with E-state index in [9.17, 15) is 4.79 Å². The van der Waals surface area contributed by atoms with E-state index in [2.05, 4.69) is 0 Å². The fourth-order valence-corrected chi connectivity index (χ4v) is 2.51. The van der Waals surface area contributed by atoms with E-state index < -0.39 is 19.5 Å². The molecule has 0 spiro atoms. The van der Waals surface area contributed by atoms with Gasteiger partial charge in [0.1, 0.15) is 0 Å². The van der Waals surface area contributed by atoms with Crippen molar-refractivity contribution in [3.8, 4) is 0 Å². The summed E-state index contributed by atoms with van der Waals surface area (Å²) in [6, 6.07) is 0. The molecule has 12 heavy (non-hydrogen) atoms. The number of aliphatic carboxylic acids is 1. The molecule has 72 valence electrons. The second-order valence-electron chi connectivity index (χ2n) is 1.85. The zero-order valence-electron chi connectivity index (χ0n) is 5.20. The average molecular weight is 295 g/mol. The van der Waals surface area contributed by atoms with Crippen molar-refractivity contribution in [1.82, 2.24) is 0 Å². The third kappa shape index (κ3) is 3.95. The molecule has 0 saturated carbocycles. The molecule has 0 aromatic rings. The SMILES string of the molecule is O=C(O)C(C(Cl)(Cl)Cl)C(Cl)(Cl)Cl. The lowest BCUT2D eigenvalue weighted by molar-refractivity contribution is -0.141. The van der Waals surface area contributed by atoms with Crippen LogP contribution in [-0.4, -0.2) is 18.7 Å². The highest BCUT2D eigenvalue weighted by Crippen LogP contribution is 2.48. The van der Waals surface area contributed by atoms with Gasteiger partial charge in [-0.3, -0.25) is 4.79 Å². The smallest absolute Gasteiger partial charge is 0.315 e. The minimum absolute atomic E-state index is 1.49. The lowest BCUT2D eigenvalue weighted by atomic mass is 10.2. The first-order chi connectivity index (χ1) is 5.07. The summed E-state index contributed by atoms with van der Waals surface area (Å²) in [4.78, 5) is 10.5. The van der Waals surface area contributed by atoms with Crippen molar-refractivity contribution in [1.29, 1.82) is 0 Å². The molecular formula is C4H2Cl6O2. The molecule has 0 rings (SSSR count). The van der Waals surface area contributed by atoms with Gasteiger partial charge in [0.25, 0.3) is 0 Å². The Hall–Kier alpha value is 1.21. The van der Waals surface area contributed by atoms with Crippen molar-refractivity contribution in [3.05, 3.63) is 0 Å². The second-order valence-corrected chi connectivity index (χ2v) is 6.59. The van der Waals surface area contributed by atoms with Gasteiger partial charge >= 0.3 is 5.97 Å². The summed E-state index contributed by atoms with van der Waals surface area (Å²) in [5, 5.41) is 8.54. The van der Waals surface area contributed by atoms with Crippen LogP contribution in [0.3, 0.4) is 0 Å². The first-order valence-electron chi connectivity index (χ1n) is 2.43. The number of carboxylic acid groups (broad SMARTS) is 1. The van der Waals surface area contributed by atoms with Gasteiger partial charge in [0.2, 0.25) is 7.59 Å². The molecule has 0 saturated heterocycles. The Bertz CT molecular complexity index is 165. The predicted molar refractivity (Wildman–Crippen MR) is 51.7 cm³/mol. The van der Waals surface area contributed by atoms with Crippen LogP contribution in [0.5, 0.6) is 0 Å². The van der Waals surface area contributed by atoms with Gasteiger partial charge < -0.3 is 5.11 Å². The largest absolute Gasteiger partial charge is 0.481 e. The van der Waals surface area contributed by atoms with E-state index >= 15 is 0 Å². The molecular weight excluding hydrogens is 293 g/mol. The quantitative estimate of drug-likeness (QED) is 0.752. The fraction of sp³-hybridized carbons (Fsp3) is 0.750. The van der Waals surface area contributed by atoms with Gasteiger partial charge in [0.05, 0.1) is 0 Å². The Balaban J connectivity index is 4.82. The van der Waals surface area contributed by atoms with Gasteiger partial charge in [0, 0.05) is 0 Å². The van der Waals surface area contributed by atoms with Gasteiger partial charge in [-0.15, -0.1) is 0 Å². The van der Waals surface area contributed by atoms with E-state index in [1.165, 1.54) is 0 Å². The number of halogens is 6. The van der Waals surface area contributed by atoms with Gasteiger partial charge in [0.15, 0.2) is 5.92 Å². The molecule has 0 aliphatic heterocycles. The van der Waals surface area contributed by atoms with Gasteiger partial charge in [-0.1, -0.05) is 69.6 Å². The summed E-state index contributed by atoms with van der Waals surface area (Å²) in [7, 11) is 0. The van der Waals surface area contributed by atoms with Gasteiger partial charge in [-0.25, -0.2) is 0 Å². The second kappa shape index (κ2) is 4.16. The van der Waals surface area contributed by atoms with E-state index in [1.54, 1.807) is 0 Å². The summed E-state index contributed by atoms with van der Waals surface area (Å²) in [6.45, 7) is 0. The van der Waals surface area contributed by atoms with Crippen molar-refractivity contribution < 1.29 is 9.90 Å². The monoisotopic (exact) mass is 292 g/mol. The number of alkyl halides is 6. The zero-order chi connectivity index (χ0) is 10.2. The highest BCUT2D eigenvalue weighted by molar-refractivity contribution is 6.73. The van der Waals surface area contributed by atoms with Crippen LogP contribution in [0.4, 0.5) is 0 Å². The Labute approximate surface area is 98.6 Å². The first-order valence-corrected chi connectivity index (χ1v) is 4.70. The molecule has 0 unspecified atom stereocenters. The van der Waals surface area contributed by atoms with Crippen molar-refractivity contribution >= 4 is 75.6 Å². The van der Waals surface area contributed by atoms with Crippen LogP contribution >= 0.6 is 69.6 Å². The molecule has 0 aliphatic rings. The Morgan fingerprint density at radius 1 is 1.00 bits per heavy atom. The third-order valence-corrected chi connectivity index (χ3v) is 2.21. The van der Waals surface area contributed by atoms with Crippen molar-refractivity contribution in [2.24, 2.45) is 5.92 Å². The van der Waals surface area contributed by atoms with Crippen LogP contribution in [0.1, 0.15) is 0 Å². The minimum atomic E-state index is -2.16. The average Bonchev–Trinajstić information content (AvgIpc) is 1.49. The molecule has 0 amide bonds. The molecule has 0 fully saturated rings. The van der Waals surface area contributed by atoms with E-state index in [1.807, 2.05) is 0 Å². The predicted octanol–water partition coefficient (Wildman–Crippen LogP) is 3.43. The number of carbonyl (C=O) groups is 1. The summed E-state index contributed by atoms with van der Waals surface area (Å²) < 4.78 is -4.31. The number of hydrogen-bond acceptors (Lipinski definition) is 1. The van der Waals surface area contributed by atoms with E-state index in [-0.39, 0.29) is 0 Å². The van der Waals surface area contributed by atoms with Crippen LogP contribution < -0.4 is 0 Å². The number of hydrogen-bond donors (Lipinski definition) is 1. The maximum atomic E-state index is 10.5. The third-order valence-electron chi connectivity index (χ3n) is 0.902. The molecule has 0 aliphatic carbocycles. The van der Waals surface area contributed by atoms with E-state index in [0.717, 1.165) is 0 Å². The Kier molecular flexibility index (Phi) is 4.58. The molecule has 0 heterocycles. The highest BCUT2D eigenvalue weighted by atomic mass is 35.6. The van der Waals surface area contributed by atoms with Crippen LogP contribution in [-0.2, 0) is 4.79 Å². The summed E-state index contributed by atoms with van der Waals surface area (Å²) in [5.41, 5.74) is 0. The Morgan fingerprint density at radius 2 is 1.25 bits per heavy atom. The van der Waals surface area contributed by atoms with Crippen LogP contribution in [0.25, 0.3) is 0 Å². The molecule has 8 heteroatoms. The highest BCUT2D eigenvalue weighted by Gasteiger charge is 2.51. The summed E-state index contributed by atoms with van der Waals surface area (Å²) in [5.74, 6) is -3.20. The van der Waals surface area contributed by atoms with Gasteiger partial charge in [-0.2, -0.15) is 0 Å². The van der Waals surface area contributed by atoms with Crippen LogP contribution in [0, 0.1) is 5.92 Å². The molecule has 0 radical (unpaired) electrons. The van der Waals surface area contributed by atoms with E-state index in [4.69, 9.17) is 74.7 Å². The molecule has 2 nitrogen and oxygen atoms in total. The normalized spacial score (nSPS) is 13.6. The lowest BCUT2D eigenvalue weighted by Crippen LogP contribution is -2.38. The van der Waals surface area contributed by atoms with Crippen molar-refractivity contribution in [3.63, 3.8) is 0 Å².